The molecule has 2 aromatic carbocycles. The number of allylic oxidation sites excluding steroid dienone is 2. The molecule has 1 unspecified atom stereocenters. The summed E-state index contributed by atoms with van der Waals surface area (Å²) in [5.41, 5.74) is 0.664. The third-order valence-corrected chi connectivity index (χ3v) is 6.65. The molecule has 222 valence electrons. The van der Waals surface area contributed by atoms with Gasteiger partial charge < -0.3 is 14.6 Å². The van der Waals surface area contributed by atoms with Crippen molar-refractivity contribution in [1.82, 2.24) is 9.55 Å². The lowest BCUT2D eigenvalue weighted by molar-refractivity contribution is -0.207. The second kappa shape index (κ2) is 11.9. The van der Waals surface area contributed by atoms with Gasteiger partial charge in [-0.3, -0.25) is 14.3 Å². The fourth-order valence-electron chi connectivity index (χ4n) is 4.23. The van der Waals surface area contributed by atoms with Crippen LogP contribution in [0.4, 0.5) is 22.0 Å². The van der Waals surface area contributed by atoms with Gasteiger partial charge in [-0.1, -0.05) is 35.9 Å². The number of aliphatic hydroxyl groups excluding tert-OH is 1. The quantitative estimate of drug-likeness (QED) is 0.295. The van der Waals surface area contributed by atoms with Crippen molar-refractivity contribution in [2.75, 3.05) is 0 Å². The second-order valence-electron chi connectivity index (χ2n) is 9.88. The van der Waals surface area contributed by atoms with Crippen molar-refractivity contribution in [3.63, 3.8) is 0 Å². The van der Waals surface area contributed by atoms with Crippen molar-refractivity contribution in [2.45, 2.75) is 72.6 Å². The van der Waals surface area contributed by atoms with Crippen molar-refractivity contribution in [3.8, 4) is 11.5 Å². The molecule has 0 fully saturated rings. The molecular formula is C29H31F5N2O5. The second-order valence-corrected chi connectivity index (χ2v) is 9.88. The number of aryl methyl sites for hydroxylation is 1. The maximum Gasteiger partial charge on any atom is 0.416 e. The van der Waals surface area contributed by atoms with Gasteiger partial charge in [0.05, 0.1) is 12.1 Å². The van der Waals surface area contributed by atoms with E-state index in [9.17, 15) is 36.6 Å². The zero-order chi connectivity index (χ0) is 30.9. The number of aliphatic hydroxyl groups is 1. The molecule has 3 rings (SSSR count). The lowest BCUT2D eigenvalue weighted by atomic mass is 9.96. The van der Waals surface area contributed by atoms with E-state index in [1.54, 1.807) is 19.9 Å². The van der Waals surface area contributed by atoms with Gasteiger partial charge in [0.1, 0.15) is 6.10 Å². The molecule has 0 amide bonds. The normalized spacial score (nSPS) is 14.3. The van der Waals surface area contributed by atoms with E-state index in [2.05, 4.69) is 0 Å². The minimum atomic E-state index is -4.98. The Labute approximate surface area is 232 Å². The summed E-state index contributed by atoms with van der Waals surface area (Å²) in [6.07, 6.45) is -11.9. The van der Waals surface area contributed by atoms with Gasteiger partial charge in [0.2, 0.25) is 0 Å². The van der Waals surface area contributed by atoms with Crippen LogP contribution in [0.15, 0.2) is 52.1 Å². The van der Waals surface area contributed by atoms with E-state index in [1.165, 1.54) is 26.0 Å². The standard InChI is InChI=1S/C29H31F5N2O5/c1-15-7-9-20(10-8-15)19(5)40-22-12-11-21(13-23(22)41-28(6,30)31)16(2)17(3)25-18(4)36(27(39)35-26(25)38)14-24(37)29(32,33)34/h7-13,19,24,37H,14H2,1-6H3,(H,35,38,39)/b17-16+/t19?,24-/m1/s1. The molecule has 0 bridgehead atoms. The zero-order valence-electron chi connectivity index (χ0n) is 23.3. The van der Waals surface area contributed by atoms with Gasteiger partial charge in [0, 0.05) is 12.6 Å². The molecule has 0 aliphatic heterocycles. The van der Waals surface area contributed by atoms with Crippen molar-refractivity contribution >= 4 is 11.1 Å². The summed E-state index contributed by atoms with van der Waals surface area (Å²) < 4.78 is 78.2. The number of ether oxygens (including phenoxy) is 2. The highest BCUT2D eigenvalue weighted by atomic mass is 19.4. The number of H-pyrrole nitrogens is 1. The van der Waals surface area contributed by atoms with Crippen LogP contribution in [0.5, 0.6) is 11.5 Å². The largest absolute Gasteiger partial charge is 0.482 e. The number of alkyl halides is 5. The fourth-order valence-corrected chi connectivity index (χ4v) is 4.23. The summed E-state index contributed by atoms with van der Waals surface area (Å²) in [5, 5.41) is 9.49. The van der Waals surface area contributed by atoms with E-state index < -0.39 is 42.3 Å². The molecule has 7 nitrogen and oxygen atoms in total. The molecule has 0 aliphatic rings. The van der Waals surface area contributed by atoms with Gasteiger partial charge in [-0.25, -0.2) is 4.79 Å². The Hall–Kier alpha value is -3.93. The predicted molar refractivity (Wildman–Crippen MR) is 144 cm³/mol. The van der Waals surface area contributed by atoms with Crippen LogP contribution in [0.2, 0.25) is 0 Å². The van der Waals surface area contributed by atoms with Crippen molar-refractivity contribution < 1.29 is 36.5 Å². The first kappa shape index (κ1) is 31.6. The van der Waals surface area contributed by atoms with E-state index >= 15 is 0 Å². The van der Waals surface area contributed by atoms with Crippen LogP contribution in [0, 0.1) is 13.8 Å². The molecule has 1 heterocycles. The lowest BCUT2D eigenvalue weighted by Crippen LogP contribution is -2.41. The molecule has 0 saturated carbocycles. The lowest BCUT2D eigenvalue weighted by Gasteiger charge is -2.22. The SMILES string of the molecule is C/C(=C(/C)c1c(C)n(C[C@@H](O)C(F)(F)F)c(=O)[nH]c1=O)c1ccc(OC(C)c2ccc(C)cc2)c(OC(C)(F)F)c1. The van der Waals surface area contributed by atoms with Gasteiger partial charge in [0.15, 0.2) is 17.6 Å². The summed E-state index contributed by atoms with van der Waals surface area (Å²) in [4.78, 5) is 27.0. The Kier molecular flexibility index (Phi) is 9.17. The first-order valence-electron chi connectivity index (χ1n) is 12.6. The van der Waals surface area contributed by atoms with Crippen LogP contribution in [-0.2, 0) is 6.54 Å². The third kappa shape index (κ3) is 7.63. The van der Waals surface area contributed by atoms with E-state index in [-0.39, 0.29) is 28.3 Å². The minimum Gasteiger partial charge on any atom is -0.482 e. The third-order valence-electron chi connectivity index (χ3n) is 6.65. The number of hydrogen-bond donors (Lipinski definition) is 2. The van der Waals surface area contributed by atoms with Crippen LogP contribution in [0.3, 0.4) is 0 Å². The Bertz CT molecular complexity index is 1550. The topological polar surface area (TPSA) is 93.6 Å². The molecule has 41 heavy (non-hydrogen) atoms. The first-order chi connectivity index (χ1) is 18.9. The average Bonchev–Trinajstić information content (AvgIpc) is 2.85. The number of aromatic nitrogens is 2. The number of nitrogens with one attached hydrogen (secondary N) is 1. The molecule has 3 aromatic rings. The van der Waals surface area contributed by atoms with Crippen LogP contribution >= 0.6 is 0 Å². The summed E-state index contributed by atoms with van der Waals surface area (Å²) in [6.45, 7) is 7.48. The number of nitrogens with zero attached hydrogens (tertiary/aromatic N) is 1. The van der Waals surface area contributed by atoms with Crippen LogP contribution in [0.1, 0.15) is 61.7 Å². The van der Waals surface area contributed by atoms with Crippen molar-refractivity contribution in [3.05, 3.63) is 91.3 Å². The van der Waals surface area contributed by atoms with Crippen LogP contribution < -0.4 is 20.7 Å². The molecule has 0 radical (unpaired) electrons. The average molecular weight is 583 g/mol. The number of rotatable bonds is 9. The maximum atomic E-state index is 14.0. The van der Waals surface area contributed by atoms with E-state index in [0.717, 1.165) is 11.1 Å². The van der Waals surface area contributed by atoms with Crippen molar-refractivity contribution in [1.29, 1.82) is 0 Å². The number of halogens is 5. The van der Waals surface area contributed by atoms with E-state index in [0.29, 0.717) is 22.6 Å². The van der Waals surface area contributed by atoms with Gasteiger partial charge in [-0.05, 0) is 69.0 Å². The van der Waals surface area contributed by atoms with E-state index in [1.807, 2.05) is 36.2 Å². The fraction of sp³-hybridized carbons (Fsp3) is 0.379. The van der Waals surface area contributed by atoms with Gasteiger partial charge in [0.25, 0.3) is 5.56 Å². The Balaban J connectivity index is 2.08. The molecule has 1 aromatic heterocycles. The zero-order valence-corrected chi connectivity index (χ0v) is 23.3. The molecule has 2 atom stereocenters. The summed E-state index contributed by atoms with van der Waals surface area (Å²) in [6, 6.07) is 11.8. The van der Waals surface area contributed by atoms with Gasteiger partial charge in [-0.2, -0.15) is 22.0 Å². The molecule has 0 aliphatic carbocycles. The van der Waals surface area contributed by atoms with Gasteiger partial charge in [-0.15, -0.1) is 0 Å². The highest BCUT2D eigenvalue weighted by Crippen LogP contribution is 2.38. The monoisotopic (exact) mass is 582 g/mol. The Morgan fingerprint density at radius 3 is 2.15 bits per heavy atom. The molecular weight excluding hydrogens is 551 g/mol. The highest BCUT2D eigenvalue weighted by Gasteiger charge is 2.39. The molecule has 0 spiro atoms. The van der Waals surface area contributed by atoms with Crippen molar-refractivity contribution in [2.24, 2.45) is 0 Å². The Morgan fingerprint density at radius 1 is 0.976 bits per heavy atom. The van der Waals surface area contributed by atoms with E-state index in [4.69, 9.17) is 9.47 Å². The number of benzene rings is 2. The number of aromatic amines is 1. The molecule has 12 heteroatoms. The summed E-state index contributed by atoms with van der Waals surface area (Å²) >= 11 is 0. The van der Waals surface area contributed by atoms with Gasteiger partial charge >= 0.3 is 18.0 Å². The highest BCUT2D eigenvalue weighted by molar-refractivity contribution is 5.89. The van der Waals surface area contributed by atoms with Crippen LogP contribution in [-0.4, -0.2) is 33.0 Å². The maximum absolute atomic E-state index is 14.0. The first-order valence-corrected chi connectivity index (χ1v) is 12.6. The smallest absolute Gasteiger partial charge is 0.416 e. The molecule has 2 N–H and O–H groups in total. The molecule has 0 saturated heterocycles. The predicted octanol–water partition coefficient (Wildman–Crippen LogP) is 6.16. The Morgan fingerprint density at radius 2 is 1.59 bits per heavy atom. The summed E-state index contributed by atoms with van der Waals surface area (Å²) in [5.74, 6) is -0.234. The number of hydrogen-bond acceptors (Lipinski definition) is 5. The summed E-state index contributed by atoms with van der Waals surface area (Å²) in [7, 11) is 0. The van der Waals surface area contributed by atoms with Crippen LogP contribution in [0.25, 0.3) is 11.1 Å². The minimum absolute atomic E-state index is 0.0394.